The van der Waals surface area contributed by atoms with Crippen molar-refractivity contribution >= 4 is 21.1 Å². The molecule has 0 radical (unpaired) electrons. The summed E-state index contributed by atoms with van der Waals surface area (Å²) in [6.07, 6.45) is 2.60. The maximum Gasteiger partial charge on any atom is 0.215 e. The van der Waals surface area contributed by atoms with Gasteiger partial charge < -0.3 is 4.98 Å². The number of H-pyrrole nitrogens is 1. The van der Waals surface area contributed by atoms with Crippen LogP contribution in [0.1, 0.15) is 45.0 Å². The number of hydrogen-bond acceptors (Lipinski definition) is 3. The Morgan fingerprint density at radius 3 is 2.91 bits per heavy atom. The number of hydrogen-bond donors (Lipinski definition) is 1. The number of aromatic amines is 1. The molecule has 0 saturated carbocycles. The summed E-state index contributed by atoms with van der Waals surface area (Å²) in [6.45, 7) is 4.62. The second-order valence-electron chi connectivity index (χ2n) is 6.20. The summed E-state index contributed by atoms with van der Waals surface area (Å²) in [5.74, 6) is 1.17. The normalized spacial score (nSPS) is 21.5. The number of aromatic nitrogens is 2. The molecule has 1 aliphatic rings. The van der Waals surface area contributed by atoms with E-state index in [9.17, 15) is 8.42 Å². The quantitative estimate of drug-likeness (QED) is 0.920. The van der Waals surface area contributed by atoms with Gasteiger partial charge in [-0.15, -0.1) is 0 Å². The van der Waals surface area contributed by atoms with E-state index in [2.05, 4.69) is 9.97 Å². The molecule has 1 aromatic heterocycles. The van der Waals surface area contributed by atoms with Crippen molar-refractivity contribution in [3.05, 3.63) is 30.1 Å². The molecular weight excluding hydrogens is 298 g/mol. The highest BCUT2D eigenvalue weighted by molar-refractivity contribution is 7.89. The number of fused-ring (bicyclic) bond motifs is 1. The highest BCUT2D eigenvalue weighted by Gasteiger charge is 2.37. The van der Waals surface area contributed by atoms with E-state index in [0.717, 1.165) is 36.1 Å². The Labute approximate surface area is 131 Å². The van der Waals surface area contributed by atoms with Gasteiger partial charge in [0.2, 0.25) is 10.0 Å². The predicted octanol–water partition coefficient (Wildman–Crippen LogP) is 3.08. The Kier molecular flexibility index (Phi) is 4.23. The molecule has 2 aromatic rings. The minimum Gasteiger partial charge on any atom is -0.341 e. The summed E-state index contributed by atoms with van der Waals surface area (Å²) in [7, 11) is -3.23. The zero-order valence-electron chi connectivity index (χ0n) is 13.1. The van der Waals surface area contributed by atoms with Crippen molar-refractivity contribution in [3.63, 3.8) is 0 Å². The van der Waals surface area contributed by atoms with E-state index < -0.39 is 10.0 Å². The third-order valence-electron chi connectivity index (χ3n) is 4.48. The topological polar surface area (TPSA) is 66.1 Å². The highest BCUT2D eigenvalue weighted by Crippen LogP contribution is 2.34. The summed E-state index contributed by atoms with van der Waals surface area (Å²) in [4.78, 5) is 7.89. The molecule has 1 N–H and O–H groups in total. The average molecular weight is 321 g/mol. The molecule has 1 aliphatic heterocycles. The highest BCUT2D eigenvalue weighted by atomic mass is 32.2. The minimum absolute atomic E-state index is 0.151. The first kappa shape index (κ1) is 15.5. The van der Waals surface area contributed by atoms with Crippen molar-refractivity contribution in [2.75, 3.05) is 12.3 Å². The average Bonchev–Trinajstić information content (AvgIpc) is 3.12. The van der Waals surface area contributed by atoms with Crippen LogP contribution in [0.2, 0.25) is 0 Å². The fourth-order valence-corrected chi connectivity index (χ4v) is 5.20. The van der Waals surface area contributed by atoms with Gasteiger partial charge in [0, 0.05) is 6.54 Å². The number of nitrogens with zero attached hydrogens (tertiary/aromatic N) is 2. The second kappa shape index (κ2) is 6.01. The summed E-state index contributed by atoms with van der Waals surface area (Å²) in [6, 6.07) is 7.66. The van der Waals surface area contributed by atoms with E-state index in [1.807, 2.05) is 38.1 Å². The molecule has 0 aliphatic carbocycles. The van der Waals surface area contributed by atoms with E-state index in [1.54, 1.807) is 4.31 Å². The van der Waals surface area contributed by atoms with E-state index in [-0.39, 0.29) is 17.7 Å². The van der Waals surface area contributed by atoms with E-state index in [1.165, 1.54) is 0 Å². The van der Waals surface area contributed by atoms with Gasteiger partial charge in [-0.1, -0.05) is 32.4 Å². The fourth-order valence-electron chi connectivity index (χ4n) is 3.05. The zero-order valence-corrected chi connectivity index (χ0v) is 13.9. The molecule has 0 spiro atoms. The first-order valence-electron chi connectivity index (χ1n) is 7.95. The number of sulfonamides is 1. The van der Waals surface area contributed by atoms with Crippen molar-refractivity contribution in [2.24, 2.45) is 5.92 Å². The molecule has 6 heteroatoms. The lowest BCUT2D eigenvalue weighted by Crippen LogP contribution is -2.34. The molecule has 2 heterocycles. The molecule has 1 saturated heterocycles. The Bertz CT molecular complexity index is 721. The maximum absolute atomic E-state index is 12.7. The van der Waals surface area contributed by atoms with Crippen molar-refractivity contribution in [2.45, 2.75) is 39.2 Å². The zero-order chi connectivity index (χ0) is 15.7. The predicted molar refractivity (Wildman–Crippen MR) is 88.0 cm³/mol. The van der Waals surface area contributed by atoms with E-state index in [4.69, 9.17) is 0 Å². The van der Waals surface area contributed by atoms with Gasteiger partial charge in [0.1, 0.15) is 5.82 Å². The molecule has 3 rings (SSSR count). The Hall–Kier alpha value is -1.40. The van der Waals surface area contributed by atoms with Crippen LogP contribution in [0.4, 0.5) is 0 Å². The van der Waals surface area contributed by atoms with Gasteiger partial charge in [-0.05, 0) is 30.9 Å². The lowest BCUT2D eigenvalue weighted by molar-refractivity contribution is 0.381. The van der Waals surface area contributed by atoms with E-state index in [0.29, 0.717) is 6.54 Å². The number of para-hydroxylation sites is 2. The minimum atomic E-state index is -3.23. The van der Waals surface area contributed by atoms with Gasteiger partial charge >= 0.3 is 0 Å². The summed E-state index contributed by atoms with van der Waals surface area (Å²) >= 11 is 0. The third kappa shape index (κ3) is 2.90. The molecule has 120 valence electrons. The van der Waals surface area contributed by atoms with E-state index >= 15 is 0 Å². The smallest absolute Gasteiger partial charge is 0.215 e. The van der Waals surface area contributed by atoms with Crippen LogP contribution in [0.5, 0.6) is 0 Å². The van der Waals surface area contributed by atoms with Gasteiger partial charge in [-0.2, -0.15) is 4.31 Å². The summed E-state index contributed by atoms with van der Waals surface area (Å²) in [5, 5.41) is 0. The maximum atomic E-state index is 12.7. The first-order chi connectivity index (χ1) is 10.5. The molecule has 2 atom stereocenters. The second-order valence-corrected chi connectivity index (χ2v) is 8.17. The molecule has 1 aromatic carbocycles. The summed E-state index contributed by atoms with van der Waals surface area (Å²) < 4.78 is 27.0. The molecule has 0 unspecified atom stereocenters. The molecular formula is C16H23N3O2S. The van der Waals surface area contributed by atoms with Gasteiger partial charge in [-0.3, -0.25) is 0 Å². The summed E-state index contributed by atoms with van der Waals surface area (Å²) in [5.41, 5.74) is 1.85. The van der Waals surface area contributed by atoms with Crippen LogP contribution in [0.15, 0.2) is 24.3 Å². The van der Waals surface area contributed by atoms with Crippen LogP contribution in [0.25, 0.3) is 11.0 Å². The molecule has 5 nitrogen and oxygen atoms in total. The molecule has 0 amide bonds. The van der Waals surface area contributed by atoms with Crippen molar-refractivity contribution in [1.29, 1.82) is 0 Å². The molecule has 1 fully saturated rings. The van der Waals surface area contributed by atoms with Crippen LogP contribution >= 0.6 is 0 Å². The van der Waals surface area contributed by atoms with Crippen LogP contribution in [0.3, 0.4) is 0 Å². The molecule has 0 bridgehead atoms. The Balaban J connectivity index is 1.89. The number of rotatable bonds is 5. The monoisotopic (exact) mass is 321 g/mol. The number of nitrogens with one attached hydrogen (secondary N) is 1. The van der Waals surface area contributed by atoms with Crippen LogP contribution in [-0.2, 0) is 10.0 Å². The number of benzene rings is 1. The SMILES string of the molecule is CC[C@H](C)CS(=O)(=O)N1CCC[C@@H]1c1nc2ccccc2[nH]1. The van der Waals surface area contributed by atoms with Gasteiger partial charge in [0.05, 0.1) is 22.8 Å². The lowest BCUT2D eigenvalue weighted by Gasteiger charge is -2.24. The lowest BCUT2D eigenvalue weighted by atomic mass is 10.2. The first-order valence-corrected chi connectivity index (χ1v) is 9.56. The number of imidazole rings is 1. The van der Waals surface area contributed by atoms with Crippen LogP contribution in [-0.4, -0.2) is 35.0 Å². The fraction of sp³-hybridized carbons (Fsp3) is 0.562. The third-order valence-corrected chi connectivity index (χ3v) is 6.62. The van der Waals surface area contributed by atoms with Gasteiger partial charge in [-0.25, -0.2) is 13.4 Å². The van der Waals surface area contributed by atoms with Crippen LogP contribution in [0, 0.1) is 5.92 Å². The van der Waals surface area contributed by atoms with Crippen molar-refractivity contribution < 1.29 is 8.42 Å². The van der Waals surface area contributed by atoms with Crippen molar-refractivity contribution in [3.8, 4) is 0 Å². The Morgan fingerprint density at radius 1 is 1.41 bits per heavy atom. The van der Waals surface area contributed by atoms with Crippen molar-refractivity contribution in [1.82, 2.24) is 14.3 Å². The van der Waals surface area contributed by atoms with Gasteiger partial charge in [0.25, 0.3) is 0 Å². The largest absolute Gasteiger partial charge is 0.341 e. The standard InChI is InChI=1S/C16H23N3O2S/c1-3-12(2)11-22(20,21)19-10-6-9-15(19)16-17-13-7-4-5-8-14(13)18-16/h4-5,7-8,12,15H,3,6,9-11H2,1-2H3,(H,17,18)/t12-,15+/m0/s1. The van der Waals surface area contributed by atoms with Gasteiger partial charge in [0.15, 0.2) is 0 Å². The van der Waals surface area contributed by atoms with Crippen LogP contribution < -0.4 is 0 Å². The molecule has 22 heavy (non-hydrogen) atoms. The Morgan fingerprint density at radius 2 is 2.18 bits per heavy atom.